The molecule has 1 amide bonds. The summed E-state index contributed by atoms with van der Waals surface area (Å²) >= 11 is 0. The van der Waals surface area contributed by atoms with Crippen molar-refractivity contribution in [1.29, 1.82) is 0 Å². The Morgan fingerprint density at radius 1 is 1.36 bits per heavy atom. The molecule has 2 rings (SSSR count). The van der Waals surface area contributed by atoms with Crippen molar-refractivity contribution in [3.8, 4) is 0 Å². The van der Waals surface area contributed by atoms with E-state index in [1.807, 2.05) is 0 Å². The molecule has 0 radical (unpaired) electrons. The number of aliphatic imine (C=N–C) groups is 1. The fraction of sp³-hybridized carbons (Fsp3) is 0.308. The van der Waals surface area contributed by atoms with Crippen LogP contribution in [0.4, 0.5) is 18.9 Å². The lowest BCUT2D eigenvalue weighted by Crippen LogP contribution is -2.30. The van der Waals surface area contributed by atoms with Gasteiger partial charge in [-0.15, -0.1) is 0 Å². The maximum Gasteiger partial charge on any atom is 0.471 e. The molecule has 1 aromatic carbocycles. The van der Waals surface area contributed by atoms with Crippen LogP contribution < -0.4 is 5.32 Å². The van der Waals surface area contributed by atoms with E-state index in [-0.39, 0.29) is 22.7 Å². The number of nitrogens with one attached hydrogen (secondary N) is 1. The first-order valence-corrected chi connectivity index (χ1v) is 6.11. The van der Waals surface area contributed by atoms with Crippen LogP contribution in [0.15, 0.2) is 23.2 Å². The van der Waals surface area contributed by atoms with Crippen molar-refractivity contribution < 1.29 is 32.2 Å². The number of carbonyl (C=O) groups is 2. The molecular formula is C13H11F3N2O4. The van der Waals surface area contributed by atoms with E-state index in [1.165, 1.54) is 12.1 Å². The van der Waals surface area contributed by atoms with Crippen molar-refractivity contribution >= 4 is 23.5 Å². The highest BCUT2D eigenvalue weighted by atomic mass is 19.4. The van der Waals surface area contributed by atoms with Gasteiger partial charge in [-0.25, -0.2) is 9.79 Å². The van der Waals surface area contributed by atoms with E-state index in [1.54, 1.807) is 5.32 Å². The summed E-state index contributed by atoms with van der Waals surface area (Å²) in [5.74, 6) is -2.80. The second-order valence-electron chi connectivity index (χ2n) is 4.24. The molecule has 0 atom stereocenters. The number of nitrogens with zero attached hydrogens (tertiary/aromatic N) is 1. The van der Waals surface area contributed by atoms with Gasteiger partial charge in [0.25, 0.3) is 0 Å². The number of amides is 1. The highest BCUT2D eigenvalue weighted by Crippen LogP contribution is 2.24. The lowest BCUT2D eigenvalue weighted by Gasteiger charge is -2.13. The first-order chi connectivity index (χ1) is 10.3. The molecule has 0 aliphatic carbocycles. The van der Waals surface area contributed by atoms with E-state index in [2.05, 4.69) is 9.73 Å². The fourth-order valence-corrected chi connectivity index (χ4v) is 1.77. The molecule has 1 aromatic rings. The monoisotopic (exact) mass is 316 g/mol. The van der Waals surface area contributed by atoms with Crippen LogP contribution in [0.5, 0.6) is 0 Å². The second kappa shape index (κ2) is 6.04. The van der Waals surface area contributed by atoms with Crippen molar-refractivity contribution in [2.24, 2.45) is 4.99 Å². The summed E-state index contributed by atoms with van der Waals surface area (Å²) in [6, 6.07) is 3.76. The van der Waals surface area contributed by atoms with Crippen molar-refractivity contribution in [1.82, 2.24) is 0 Å². The summed E-state index contributed by atoms with van der Waals surface area (Å²) in [5, 5.41) is 1.71. The summed E-state index contributed by atoms with van der Waals surface area (Å²) in [7, 11) is 1.13. The third-order valence-electron chi connectivity index (χ3n) is 2.76. The van der Waals surface area contributed by atoms with Gasteiger partial charge in [0.2, 0.25) is 5.90 Å². The molecule has 1 aliphatic heterocycles. The summed E-state index contributed by atoms with van der Waals surface area (Å²) in [5.41, 5.74) is -0.0871. The van der Waals surface area contributed by atoms with E-state index in [0.29, 0.717) is 13.2 Å². The molecule has 0 aromatic heterocycles. The molecule has 1 aliphatic rings. The number of halogens is 3. The van der Waals surface area contributed by atoms with E-state index < -0.39 is 18.1 Å². The molecule has 1 heterocycles. The number of ether oxygens (including phenoxy) is 2. The minimum absolute atomic E-state index is 0.0117. The Labute approximate surface area is 122 Å². The smallest absolute Gasteiger partial charge is 0.471 e. The molecule has 22 heavy (non-hydrogen) atoms. The van der Waals surface area contributed by atoms with Gasteiger partial charge in [0, 0.05) is 0 Å². The Morgan fingerprint density at radius 2 is 2.09 bits per heavy atom. The van der Waals surface area contributed by atoms with Crippen LogP contribution in [0.1, 0.15) is 15.9 Å². The van der Waals surface area contributed by atoms with Crippen LogP contribution in [0.2, 0.25) is 0 Å². The molecule has 1 N–H and O–H groups in total. The number of rotatable bonds is 3. The lowest BCUT2D eigenvalue weighted by molar-refractivity contribution is -0.167. The topological polar surface area (TPSA) is 77.0 Å². The normalized spacial score (nSPS) is 14.1. The van der Waals surface area contributed by atoms with Gasteiger partial charge in [-0.1, -0.05) is 0 Å². The van der Waals surface area contributed by atoms with Gasteiger partial charge in [-0.2, -0.15) is 13.2 Å². The van der Waals surface area contributed by atoms with E-state index in [9.17, 15) is 22.8 Å². The Balaban J connectivity index is 2.41. The predicted molar refractivity (Wildman–Crippen MR) is 69.8 cm³/mol. The zero-order valence-electron chi connectivity index (χ0n) is 11.4. The van der Waals surface area contributed by atoms with Crippen LogP contribution in [0.3, 0.4) is 0 Å². The maximum absolute atomic E-state index is 12.4. The summed E-state index contributed by atoms with van der Waals surface area (Å²) < 4.78 is 46.9. The van der Waals surface area contributed by atoms with Crippen LogP contribution >= 0.6 is 0 Å². The number of esters is 1. The third-order valence-corrected chi connectivity index (χ3v) is 2.76. The zero-order valence-corrected chi connectivity index (χ0v) is 11.4. The average molecular weight is 316 g/mol. The summed E-state index contributed by atoms with van der Waals surface area (Å²) in [4.78, 5) is 26.6. The quantitative estimate of drug-likeness (QED) is 0.862. The van der Waals surface area contributed by atoms with E-state index in [0.717, 1.165) is 13.2 Å². The molecule has 9 heteroatoms. The van der Waals surface area contributed by atoms with Crippen molar-refractivity contribution in [3.63, 3.8) is 0 Å². The summed E-state index contributed by atoms with van der Waals surface area (Å²) in [6.07, 6.45) is -5.06. The van der Waals surface area contributed by atoms with Crippen LogP contribution in [-0.2, 0) is 14.3 Å². The van der Waals surface area contributed by atoms with Gasteiger partial charge in [-0.05, 0) is 18.2 Å². The first-order valence-electron chi connectivity index (χ1n) is 6.11. The molecule has 0 bridgehead atoms. The van der Waals surface area contributed by atoms with Gasteiger partial charge in [0.1, 0.15) is 6.61 Å². The second-order valence-corrected chi connectivity index (χ2v) is 4.24. The van der Waals surface area contributed by atoms with Gasteiger partial charge in [-0.3, -0.25) is 4.79 Å². The van der Waals surface area contributed by atoms with Crippen molar-refractivity contribution in [2.45, 2.75) is 6.18 Å². The molecule has 0 saturated carbocycles. The van der Waals surface area contributed by atoms with Crippen molar-refractivity contribution in [3.05, 3.63) is 29.3 Å². The molecule has 118 valence electrons. The lowest BCUT2D eigenvalue weighted by atomic mass is 10.1. The minimum atomic E-state index is -5.06. The molecular weight excluding hydrogens is 305 g/mol. The Morgan fingerprint density at radius 3 is 2.64 bits per heavy atom. The highest BCUT2D eigenvalue weighted by molar-refractivity contribution is 6.06. The third kappa shape index (κ3) is 3.35. The van der Waals surface area contributed by atoms with Gasteiger partial charge in [0.15, 0.2) is 0 Å². The largest absolute Gasteiger partial charge is 0.475 e. The fourth-order valence-electron chi connectivity index (χ4n) is 1.77. The number of anilines is 1. The molecule has 0 spiro atoms. The highest BCUT2D eigenvalue weighted by Gasteiger charge is 2.39. The van der Waals surface area contributed by atoms with Crippen LogP contribution in [0, 0.1) is 0 Å². The zero-order chi connectivity index (χ0) is 16.3. The number of benzene rings is 1. The number of hydrogen-bond acceptors (Lipinski definition) is 5. The van der Waals surface area contributed by atoms with Crippen LogP contribution in [0.25, 0.3) is 0 Å². The maximum atomic E-state index is 12.4. The predicted octanol–water partition coefficient (Wildman–Crippen LogP) is 1.75. The van der Waals surface area contributed by atoms with Gasteiger partial charge >= 0.3 is 18.1 Å². The molecule has 6 nitrogen and oxygen atoms in total. The average Bonchev–Trinajstić information content (AvgIpc) is 2.99. The minimum Gasteiger partial charge on any atom is -0.475 e. The van der Waals surface area contributed by atoms with Gasteiger partial charge < -0.3 is 14.8 Å². The van der Waals surface area contributed by atoms with Gasteiger partial charge in [0.05, 0.1) is 30.5 Å². The van der Waals surface area contributed by atoms with E-state index >= 15 is 0 Å². The standard InChI is InChI=1S/C13H11F3N2O4/c1-21-11(19)7-2-3-8(10-17-4-5-22-10)9(6-7)18-12(20)13(14,15)16/h2-3,6H,4-5H2,1H3,(H,18,20). The molecule has 0 saturated heterocycles. The molecule has 0 unspecified atom stereocenters. The number of hydrogen-bond donors (Lipinski definition) is 1. The van der Waals surface area contributed by atoms with E-state index in [4.69, 9.17) is 4.74 Å². The Bertz CT molecular complexity index is 641. The van der Waals surface area contributed by atoms with Crippen molar-refractivity contribution in [2.75, 3.05) is 25.6 Å². The Hall–Kier alpha value is -2.58. The number of methoxy groups -OCH3 is 1. The SMILES string of the molecule is COC(=O)c1ccc(C2=NCCO2)c(NC(=O)C(F)(F)F)c1. The number of alkyl halides is 3. The van der Waals surface area contributed by atoms with Crippen LogP contribution in [-0.4, -0.2) is 44.2 Å². The Kier molecular flexibility index (Phi) is 4.34. The number of carbonyl (C=O) groups excluding carboxylic acids is 2. The summed E-state index contributed by atoms with van der Waals surface area (Å²) in [6.45, 7) is 0.654. The first kappa shape index (κ1) is 15.8. The molecule has 0 fully saturated rings.